The molecule has 2 fully saturated rings. The van der Waals surface area contributed by atoms with Crippen LogP contribution in [0.25, 0.3) is 0 Å². The molecule has 0 aromatic carbocycles. The predicted molar refractivity (Wildman–Crippen MR) is 136 cm³/mol. The third-order valence-corrected chi connectivity index (χ3v) is 10.3. The number of allylic oxidation sites excluding steroid dienone is 5. The molecule has 0 amide bonds. The Morgan fingerprint density at radius 2 is 1.85 bits per heavy atom. The van der Waals surface area contributed by atoms with Crippen LogP contribution in [-0.4, -0.2) is 16.9 Å². The second kappa shape index (κ2) is 9.19. The number of hydrogen-bond donors (Lipinski definition) is 1. The van der Waals surface area contributed by atoms with Gasteiger partial charge < -0.3 is 5.11 Å². The van der Waals surface area contributed by atoms with E-state index in [2.05, 4.69) is 47.3 Å². The standard InChI is InChI=1S/C30H46O3/c1-19(2)17-22(31)18-21(5)24-11-15-30(8)26-10-9-23(20(3)4)28(6,14-13-27(32)33)25(26)12-16-29(24,30)7/h10,17,21,23-25H,3,9,11-16,18H2,1-2,4-8H3,(H,32,33)/t21-,23+,24-,25-,28+,29-,30+/m1/s1. The first kappa shape index (κ1) is 26.0. The summed E-state index contributed by atoms with van der Waals surface area (Å²) in [4.78, 5) is 24.1. The molecule has 7 atom stereocenters. The molecule has 0 aromatic heterocycles. The Labute approximate surface area is 201 Å². The zero-order valence-corrected chi connectivity index (χ0v) is 22.1. The molecule has 0 aliphatic heterocycles. The zero-order chi connectivity index (χ0) is 24.8. The van der Waals surface area contributed by atoms with E-state index in [0.717, 1.165) is 24.8 Å². The molecule has 0 bridgehead atoms. The van der Waals surface area contributed by atoms with Crippen molar-refractivity contribution in [2.75, 3.05) is 0 Å². The van der Waals surface area contributed by atoms with E-state index in [4.69, 9.17) is 0 Å². The summed E-state index contributed by atoms with van der Waals surface area (Å²) in [6.07, 6.45) is 11.5. The fraction of sp³-hybridized carbons (Fsp3) is 0.733. The van der Waals surface area contributed by atoms with Crippen molar-refractivity contribution in [2.24, 2.45) is 39.9 Å². The van der Waals surface area contributed by atoms with Crippen molar-refractivity contribution >= 4 is 11.8 Å². The van der Waals surface area contributed by atoms with Crippen LogP contribution in [-0.2, 0) is 9.59 Å². The van der Waals surface area contributed by atoms with Crippen LogP contribution >= 0.6 is 0 Å². The number of carboxylic acids is 1. The largest absolute Gasteiger partial charge is 0.481 e. The van der Waals surface area contributed by atoms with E-state index < -0.39 is 5.97 Å². The maximum Gasteiger partial charge on any atom is 0.303 e. The summed E-state index contributed by atoms with van der Waals surface area (Å²) in [7, 11) is 0. The van der Waals surface area contributed by atoms with Crippen LogP contribution < -0.4 is 0 Å². The summed E-state index contributed by atoms with van der Waals surface area (Å²) in [6.45, 7) is 20.0. The molecule has 3 nitrogen and oxygen atoms in total. The number of ketones is 1. The predicted octanol–water partition coefficient (Wildman–Crippen LogP) is 7.77. The molecular weight excluding hydrogens is 408 g/mol. The van der Waals surface area contributed by atoms with Crippen LogP contribution in [0.2, 0.25) is 0 Å². The number of rotatable bonds is 8. The quantitative estimate of drug-likeness (QED) is 0.301. The normalized spacial score (nSPS) is 38.5. The Hall–Kier alpha value is -1.64. The molecule has 2 saturated carbocycles. The van der Waals surface area contributed by atoms with E-state index >= 15 is 0 Å². The lowest BCUT2D eigenvalue weighted by atomic mass is 9.44. The Morgan fingerprint density at radius 3 is 2.42 bits per heavy atom. The maximum atomic E-state index is 12.6. The second-order valence-electron chi connectivity index (χ2n) is 12.5. The van der Waals surface area contributed by atoms with Crippen molar-refractivity contribution in [1.29, 1.82) is 0 Å². The van der Waals surface area contributed by atoms with Gasteiger partial charge in [-0.05, 0) is 105 Å². The van der Waals surface area contributed by atoms with Crippen LogP contribution in [0.1, 0.15) is 99.8 Å². The van der Waals surface area contributed by atoms with Gasteiger partial charge in [-0.25, -0.2) is 0 Å². The van der Waals surface area contributed by atoms with E-state index in [1.54, 1.807) is 11.6 Å². The van der Waals surface area contributed by atoms with E-state index in [9.17, 15) is 14.7 Å². The molecule has 0 spiro atoms. The summed E-state index contributed by atoms with van der Waals surface area (Å²) < 4.78 is 0. The van der Waals surface area contributed by atoms with Gasteiger partial charge in [-0.3, -0.25) is 9.59 Å². The maximum absolute atomic E-state index is 12.6. The Kier molecular flexibility index (Phi) is 7.23. The number of carbonyl (C=O) groups is 2. The zero-order valence-electron chi connectivity index (χ0n) is 22.1. The topological polar surface area (TPSA) is 54.4 Å². The van der Waals surface area contributed by atoms with Gasteiger partial charge in [0.15, 0.2) is 5.78 Å². The van der Waals surface area contributed by atoms with Gasteiger partial charge >= 0.3 is 5.97 Å². The Morgan fingerprint density at radius 1 is 1.18 bits per heavy atom. The van der Waals surface area contributed by atoms with Crippen LogP contribution in [0.3, 0.4) is 0 Å². The van der Waals surface area contributed by atoms with Gasteiger partial charge in [0.05, 0.1) is 0 Å². The number of carboxylic acid groups (broad SMARTS) is 1. The van der Waals surface area contributed by atoms with Crippen molar-refractivity contribution < 1.29 is 14.7 Å². The minimum absolute atomic E-state index is 0.0538. The van der Waals surface area contributed by atoms with Gasteiger partial charge in [0.1, 0.15) is 0 Å². The van der Waals surface area contributed by atoms with Gasteiger partial charge in [0, 0.05) is 12.8 Å². The van der Waals surface area contributed by atoms with Gasteiger partial charge in [0.25, 0.3) is 0 Å². The van der Waals surface area contributed by atoms with E-state index in [1.165, 1.54) is 18.4 Å². The van der Waals surface area contributed by atoms with Gasteiger partial charge in [0.2, 0.25) is 0 Å². The SMILES string of the molecule is C=C(C)[C@@H]1CC=C2[C@@H](CC[C@]3(C)[C@@H]([C@H](C)CC(=O)C=C(C)C)CC[C@@]23C)[C@@]1(C)CCC(=O)O. The summed E-state index contributed by atoms with van der Waals surface area (Å²) in [6, 6.07) is 0. The summed E-state index contributed by atoms with van der Waals surface area (Å²) >= 11 is 0. The van der Waals surface area contributed by atoms with E-state index in [0.29, 0.717) is 36.5 Å². The monoisotopic (exact) mass is 454 g/mol. The van der Waals surface area contributed by atoms with Crippen LogP contribution in [0, 0.1) is 39.9 Å². The lowest BCUT2D eigenvalue weighted by molar-refractivity contribution is -0.138. The summed E-state index contributed by atoms with van der Waals surface area (Å²) in [5.41, 5.74) is 4.11. The van der Waals surface area contributed by atoms with Crippen molar-refractivity contribution in [1.82, 2.24) is 0 Å². The third kappa shape index (κ3) is 4.42. The van der Waals surface area contributed by atoms with Crippen LogP contribution in [0.5, 0.6) is 0 Å². The molecule has 1 N–H and O–H groups in total. The molecular formula is C30H46O3. The molecule has 3 rings (SSSR count). The first-order valence-electron chi connectivity index (χ1n) is 13.0. The van der Waals surface area contributed by atoms with Crippen molar-refractivity contribution in [3.05, 3.63) is 35.5 Å². The fourth-order valence-corrected chi connectivity index (χ4v) is 8.43. The third-order valence-electron chi connectivity index (χ3n) is 10.3. The average Bonchev–Trinajstić information content (AvgIpc) is 2.97. The van der Waals surface area contributed by atoms with Crippen molar-refractivity contribution in [3.63, 3.8) is 0 Å². The average molecular weight is 455 g/mol. The number of aliphatic carboxylic acids is 1. The lowest BCUT2D eigenvalue weighted by Gasteiger charge is -2.60. The second-order valence-corrected chi connectivity index (χ2v) is 12.5. The minimum Gasteiger partial charge on any atom is -0.481 e. The molecule has 0 aromatic rings. The number of fused-ring (bicyclic) bond motifs is 3. The molecule has 0 heterocycles. The highest BCUT2D eigenvalue weighted by Gasteiger charge is 2.63. The summed E-state index contributed by atoms with van der Waals surface area (Å²) in [5, 5.41) is 9.48. The number of hydrogen-bond acceptors (Lipinski definition) is 2. The van der Waals surface area contributed by atoms with Crippen LogP contribution in [0.4, 0.5) is 0 Å². The summed E-state index contributed by atoms with van der Waals surface area (Å²) in [5.74, 6) is 1.25. The molecule has 0 unspecified atom stereocenters. The first-order valence-corrected chi connectivity index (χ1v) is 13.0. The van der Waals surface area contributed by atoms with E-state index in [-0.39, 0.29) is 28.4 Å². The van der Waals surface area contributed by atoms with Crippen molar-refractivity contribution in [3.8, 4) is 0 Å². The molecule has 0 saturated heterocycles. The Bertz CT molecular complexity index is 875. The fourth-order valence-electron chi connectivity index (χ4n) is 8.43. The molecule has 184 valence electrons. The lowest BCUT2D eigenvalue weighted by Crippen LogP contribution is -2.52. The molecule has 3 aliphatic carbocycles. The van der Waals surface area contributed by atoms with Gasteiger partial charge in [-0.15, -0.1) is 0 Å². The smallest absolute Gasteiger partial charge is 0.303 e. The van der Waals surface area contributed by atoms with Gasteiger partial charge in [-0.1, -0.05) is 57.1 Å². The van der Waals surface area contributed by atoms with Crippen molar-refractivity contribution in [2.45, 2.75) is 99.8 Å². The number of carbonyl (C=O) groups excluding carboxylic acids is 1. The minimum atomic E-state index is -0.699. The molecule has 3 aliphatic rings. The highest BCUT2D eigenvalue weighted by Crippen LogP contribution is 2.71. The van der Waals surface area contributed by atoms with Crippen LogP contribution in [0.15, 0.2) is 35.5 Å². The van der Waals surface area contributed by atoms with E-state index in [1.807, 2.05) is 13.8 Å². The first-order chi connectivity index (χ1) is 15.3. The molecule has 33 heavy (non-hydrogen) atoms. The molecule has 0 radical (unpaired) electrons. The highest BCUT2D eigenvalue weighted by atomic mass is 16.4. The molecule has 3 heteroatoms. The Balaban J connectivity index is 1.93. The van der Waals surface area contributed by atoms with Gasteiger partial charge in [-0.2, -0.15) is 0 Å². The highest BCUT2D eigenvalue weighted by molar-refractivity contribution is 5.90.